The molecule has 0 aromatic heterocycles. The Balaban J connectivity index is 1.39. The molecule has 4 aromatic rings. The normalized spacial score (nSPS) is 11.2. The van der Waals surface area contributed by atoms with Crippen LogP contribution in [0, 0.1) is 13.8 Å². The van der Waals surface area contributed by atoms with E-state index in [1.165, 1.54) is 27.9 Å². The van der Waals surface area contributed by atoms with E-state index in [4.69, 9.17) is 4.74 Å². The summed E-state index contributed by atoms with van der Waals surface area (Å²) in [5.74, 6) is 0.561. The summed E-state index contributed by atoms with van der Waals surface area (Å²) < 4.78 is 32.8. The molecule has 39 heavy (non-hydrogen) atoms. The number of para-hydroxylation sites is 1. The number of hydrogen-bond acceptors (Lipinski definition) is 5. The molecule has 1 N–H and O–H groups in total. The van der Waals surface area contributed by atoms with Crippen LogP contribution in [0.5, 0.6) is 5.75 Å². The lowest BCUT2D eigenvalue weighted by atomic mass is 10.1. The highest BCUT2D eigenvalue weighted by Crippen LogP contribution is 2.36. The second kappa shape index (κ2) is 12.9. The smallest absolute Gasteiger partial charge is 0.251 e. The molecule has 0 saturated carbocycles. The van der Waals surface area contributed by atoms with Gasteiger partial charge in [-0.15, -0.1) is 0 Å². The summed E-state index contributed by atoms with van der Waals surface area (Å²) in [6, 6.07) is 30.2. The van der Waals surface area contributed by atoms with E-state index < -0.39 is 10.0 Å². The van der Waals surface area contributed by atoms with Crippen molar-refractivity contribution in [3.8, 4) is 5.75 Å². The van der Waals surface area contributed by atoms with E-state index in [0.717, 1.165) is 26.7 Å². The molecule has 0 fully saturated rings. The molecule has 0 spiro atoms. The van der Waals surface area contributed by atoms with Crippen LogP contribution in [0.25, 0.3) is 0 Å². The zero-order valence-electron chi connectivity index (χ0n) is 22.3. The number of aryl methyl sites for hydroxylation is 2. The number of rotatable bonds is 11. The van der Waals surface area contributed by atoms with Gasteiger partial charge in [0, 0.05) is 15.4 Å². The first-order valence-electron chi connectivity index (χ1n) is 12.6. The minimum atomic E-state index is -3.57. The Labute approximate surface area is 235 Å². The van der Waals surface area contributed by atoms with Gasteiger partial charge < -0.3 is 10.1 Å². The first-order valence-corrected chi connectivity index (χ1v) is 15.2. The summed E-state index contributed by atoms with van der Waals surface area (Å²) in [6.07, 6.45) is 1.21. The molecule has 0 radical (unpaired) electrons. The van der Waals surface area contributed by atoms with Crippen molar-refractivity contribution in [3.05, 3.63) is 119 Å². The number of carbonyl (C=O) groups excluding carboxylic acids is 1. The van der Waals surface area contributed by atoms with Gasteiger partial charge in [-0.1, -0.05) is 60.3 Å². The van der Waals surface area contributed by atoms with Gasteiger partial charge in [-0.05, 0) is 79.1 Å². The number of sulfonamides is 1. The van der Waals surface area contributed by atoms with Gasteiger partial charge in [0.25, 0.3) is 5.91 Å². The summed E-state index contributed by atoms with van der Waals surface area (Å²) in [5, 5.41) is 2.86. The van der Waals surface area contributed by atoms with Crippen molar-refractivity contribution in [1.82, 2.24) is 5.32 Å². The first kappa shape index (κ1) is 28.3. The predicted octanol–water partition coefficient (Wildman–Crippen LogP) is 6.23. The molecule has 0 aliphatic carbocycles. The van der Waals surface area contributed by atoms with Crippen molar-refractivity contribution in [3.63, 3.8) is 0 Å². The van der Waals surface area contributed by atoms with E-state index in [-0.39, 0.29) is 12.5 Å². The van der Waals surface area contributed by atoms with Crippen molar-refractivity contribution in [2.24, 2.45) is 0 Å². The fourth-order valence-electron chi connectivity index (χ4n) is 3.91. The molecular weight excluding hydrogens is 528 g/mol. The number of hydrogen-bond donors (Lipinski definition) is 1. The molecule has 202 valence electrons. The third-order valence-corrected chi connectivity index (χ3v) is 8.38. The first-order chi connectivity index (χ1) is 18.7. The summed E-state index contributed by atoms with van der Waals surface area (Å²) in [6.45, 7) is 4.96. The van der Waals surface area contributed by atoms with Crippen molar-refractivity contribution in [2.45, 2.75) is 30.2 Å². The van der Waals surface area contributed by atoms with Crippen LogP contribution in [0.1, 0.15) is 27.0 Å². The van der Waals surface area contributed by atoms with Crippen molar-refractivity contribution < 1.29 is 17.9 Å². The van der Waals surface area contributed by atoms with Gasteiger partial charge in [0.1, 0.15) is 12.4 Å². The second-order valence-corrected chi connectivity index (χ2v) is 12.2. The van der Waals surface area contributed by atoms with Gasteiger partial charge in [-0.25, -0.2) is 8.42 Å². The Kier molecular flexibility index (Phi) is 9.32. The number of nitrogens with zero attached hydrogens (tertiary/aromatic N) is 1. The van der Waals surface area contributed by atoms with Crippen LogP contribution < -0.4 is 14.4 Å². The summed E-state index contributed by atoms with van der Waals surface area (Å²) >= 11 is 1.52. The largest absolute Gasteiger partial charge is 0.492 e. The number of amides is 1. The SMILES string of the molecule is Cc1ccc(OCCNC(=O)c2ccc(CN(c3ccccc3Sc3ccccc3)S(C)(=O)=O)cc2)cc1C. The maximum atomic E-state index is 12.8. The van der Waals surface area contributed by atoms with Crippen molar-refractivity contribution >= 4 is 33.4 Å². The van der Waals surface area contributed by atoms with Gasteiger partial charge in [-0.3, -0.25) is 9.10 Å². The standard InChI is InChI=1S/C31H32N2O4S2/c1-23-13-18-27(21-24(23)2)37-20-19-32-31(34)26-16-14-25(15-17-26)22-33(39(3,35)36)29-11-7-8-12-30(29)38-28-9-5-4-6-10-28/h4-18,21H,19-20,22H2,1-3H3,(H,32,34). The highest BCUT2D eigenvalue weighted by molar-refractivity contribution is 7.99. The minimum Gasteiger partial charge on any atom is -0.492 e. The van der Waals surface area contributed by atoms with Gasteiger partial charge in [0.05, 0.1) is 25.0 Å². The Morgan fingerprint density at radius 2 is 1.56 bits per heavy atom. The Morgan fingerprint density at radius 1 is 0.872 bits per heavy atom. The number of nitrogens with one attached hydrogen (secondary N) is 1. The molecule has 1 amide bonds. The van der Waals surface area contributed by atoms with Crippen LogP contribution in [0.15, 0.2) is 107 Å². The molecule has 4 aromatic carbocycles. The average Bonchev–Trinajstić information content (AvgIpc) is 2.92. The highest BCUT2D eigenvalue weighted by Gasteiger charge is 2.21. The fourth-order valence-corrected chi connectivity index (χ4v) is 5.85. The van der Waals surface area contributed by atoms with Gasteiger partial charge in [-0.2, -0.15) is 0 Å². The average molecular weight is 561 g/mol. The quantitative estimate of drug-likeness (QED) is 0.220. The van der Waals surface area contributed by atoms with E-state index >= 15 is 0 Å². The Morgan fingerprint density at radius 3 is 2.26 bits per heavy atom. The monoisotopic (exact) mass is 560 g/mol. The summed E-state index contributed by atoms with van der Waals surface area (Å²) in [5.41, 5.74) is 4.24. The molecule has 8 heteroatoms. The third kappa shape index (κ3) is 7.88. The number of benzene rings is 4. The van der Waals surface area contributed by atoms with Crippen LogP contribution in [0.3, 0.4) is 0 Å². The van der Waals surface area contributed by atoms with Gasteiger partial charge in [0.15, 0.2) is 0 Å². The lowest BCUT2D eigenvalue weighted by Gasteiger charge is -2.25. The second-order valence-electron chi connectivity index (χ2n) is 9.20. The van der Waals surface area contributed by atoms with Crippen molar-refractivity contribution in [1.29, 1.82) is 0 Å². The van der Waals surface area contributed by atoms with Crippen LogP contribution in [0.2, 0.25) is 0 Å². The molecule has 6 nitrogen and oxygen atoms in total. The molecule has 0 aliphatic rings. The van der Waals surface area contributed by atoms with Crippen LogP contribution >= 0.6 is 11.8 Å². The Hall–Kier alpha value is -3.75. The maximum Gasteiger partial charge on any atom is 0.251 e. The molecule has 0 bridgehead atoms. The summed E-state index contributed by atoms with van der Waals surface area (Å²) in [4.78, 5) is 14.5. The lowest BCUT2D eigenvalue weighted by Crippen LogP contribution is -2.30. The lowest BCUT2D eigenvalue weighted by molar-refractivity contribution is 0.0947. The number of anilines is 1. The third-order valence-electron chi connectivity index (χ3n) is 6.18. The van der Waals surface area contributed by atoms with Crippen LogP contribution in [-0.2, 0) is 16.6 Å². The Bertz CT molecular complexity index is 1520. The van der Waals surface area contributed by atoms with E-state index in [0.29, 0.717) is 24.4 Å². The van der Waals surface area contributed by atoms with Gasteiger partial charge >= 0.3 is 0 Å². The molecular formula is C31H32N2O4S2. The molecule has 0 aliphatic heterocycles. The van der Waals surface area contributed by atoms with Crippen LogP contribution in [-0.4, -0.2) is 33.7 Å². The van der Waals surface area contributed by atoms with E-state index in [1.807, 2.05) is 86.6 Å². The topological polar surface area (TPSA) is 75.7 Å². The van der Waals surface area contributed by atoms with E-state index in [9.17, 15) is 13.2 Å². The van der Waals surface area contributed by atoms with Gasteiger partial charge in [0.2, 0.25) is 10.0 Å². The molecule has 4 rings (SSSR count). The molecule has 0 heterocycles. The molecule has 0 atom stereocenters. The maximum absolute atomic E-state index is 12.8. The zero-order chi connectivity index (χ0) is 27.8. The number of ether oxygens (including phenoxy) is 1. The molecule has 0 unspecified atom stereocenters. The summed E-state index contributed by atoms with van der Waals surface area (Å²) in [7, 11) is -3.57. The predicted molar refractivity (Wildman–Crippen MR) is 158 cm³/mol. The van der Waals surface area contributed by atoms with Crippen molar-refractivity contribution in [2.75, 3.05) is 23.7 Å². The zero-order valence-corrected chi connectivity index (χ0v) is 23.9. The highest BCUT2D eigenvalue weighted by atomic mass is 32.2. The minimum absolute atomic E-state index is 0.150. The van der Waals surface area contributed by atoms with Crippen LogP contribution in [0.4, 0.5) is 5.69 Å². The molecule has 0 saturated heterocycles. The number of carbonyl (C=O) groups is 1. The van der Waals surface area contributed by atoms with E-state index in [2.05, 4.69) is 5.32 Å². The fraction of sp³-hybridized carbons (Fsp3) is 0.194. The van der Waals surface area contributed by atoms with E-state index in [1.54, 1.807) is 24.3 Å².